The van der Waals surface area contributed by atoms with Crippen LogP contribution in [0, 0.1) is 5.92 Å². The molecule has 0 aliphatic heterocycles. The van der Waals surface area contributed by atoms with Crippen LogP contribution in [0.3, 0.4) is 0 Å². The van der Waals surface area contributed by atoms with Gasteiger partial charge < -0.3 is 5.11 Å². The number of carbonyl (C=O) groups excluding carboxylic acids is 1. The van der Waals surface area contributed by atoms with Crippen molar-refractivity contribution in [1.29, 1.82) is 0 Å². The molecule has 12 heavy (non-hydrogen) atoms. The van der Waals surface area contributed by atoms with Gasteiger partial charge in [-0.1, -0.05) is 13.8 Å². The highest BCUT2D eigenvalue weighted by molar-refractivity contribution is 5.87. The summed E-state index contributed by atoms with van der Waals surface area (Å²) in [6, 6.07) is 0. The third-order valence-corrected chi connectivity index (χ3v) is 1.65. The average molecular weight is 170 g/mol. The third-order valence-electron chi connectivity index (χ3n) is 1.65. The van der Waals surface area contributed by atoms with Crippen LogP contribution in [0.15, 0.2) is 11.6 Å². The van der Waals surface area contributed by atoms with Crippen molar-refractivity contribution in [2.45, 2.75) is 40.2 Å². The molecule has 1 N–H and O–H groups in total. The van der Waals surface area contributed by atoms with E-state index in [9.17, 15) is 9.90 Å². The Balaban J connectivity index is 4.09. The van der Waals surface area contributed by atoms with Gasteiger partial charge >= 0.3 is 0 Å². The van der Waals surface area contributed by atoms with E-state index in [1.165, 1.54) is 13.0 Å². The number of hydrogen-bond acceptors (Lipinski definition) is 2. The molecule has 2 heteroatoms. The van der Waals surface area contributed by atoms with Gasteiger partial charge in [-0.3, -0.25) is 4.79 Å². The fraction of sp³-hybridized carbons (Fsp3) is 0.700. The van der Waals surface area contributed by atoms with Crippen LogP contribution in [0.2, 0.25) is 0 Å². The van der Waals surface area contributed by atoms with E-state index in [4.69, 9.17) is 0 Å². The molecule has 0 rings (SSSR count). The first kappa shape index (κ1) is 11.4. The van der Waals surface area contributed by atoms with Crippen molar-refractivity contribution >= 4 is 5.78 Å². The third kappa shape index (κ3) is 5.08. The Morgan fingerprint density at radius 3 is 2.25 bits per heavy atom. The van der Waals surface area contributed by atoms with E-state index in [1.54, 1.807) is 6.92 Å². The zero-order chi connectivity index (χ0) is 9.72. The van der Waals surface area contributed by atoms with E-state index in [0.29, 0.717) is 5.92 Å². The van der Waals surface area contributed by atoms with Gasteiger partial charge in [-0.15, -0.1) is 0 Å². The van der Waals surface area contributed by atoms with Gasteiger partial charge in [0.1, 0.15) is 0 Å². The van der Waals surface area contributed by atoms with E-state index in [-0.39, 0.29) is 5.78 Å². The molecule has 0 fully saturated rings. The van der Waals surface area contributed by atoms with Crippen LogP contribution in [0.5, 0.6) is 0 Å². The van der Waals surface area contributed by atoms with Gasteiger partial charge in [-0.05, 0) is 37.8 Å². The standard InChI is InChI=1S/C10H18O2/c1-7(2)5-10(12)8(3)6-9(4)11/h6-7,10,12H,5H2,1-4H3. The van der Waals surface area contributed by atoms with Crippen molar-refractivity contribution in [3.05, 3.63) is 11.6 Å². The van der Waals surface area contributed by atoms with Crippen LogP contribution in [-0.4, -0.2) is 17.0 Å². The lowest BCUT2D eigenvalue weighted by Gasteiger charge is -2.12. The van der Waals surface area contributed by atoms with Crippen LogP contribution < -0.4 is 0 Å². The van der Waals surface area contributed by atoms with Crippen LogP contribution >= 0.6 is 0 Å². The lowest BCUT2D eigenvalue weighted by atomic mass is 10.00. The zero-order valence-corrected chi connectivity index (χ0v) is 8.29. The van der Waals surface area contributed by atoms with Crippen LogP contribution in [0.25, 0.3) is 0 Å². The first-order chi connectivity index (χ1) is 5.43. The number of hydrogen-bond donors (Lipinski definition) is 1. The summed E-state index contributed by atoms with van der Waals surface area (Å²) in [5, 5.41) is 9.52. The van der Waals surface area contributed by atoms with Crippen LogP contribution in [-0.2, 0) is 4.79 Å². The molecule has 0 heterocycles. The number of allylic oxidation sites excluding steroid dienone is 1. The average Bonchev–Trinajstić information content (AvgIpc) is 1.84. The Kier molecular flexibility index (Phi) is 4.83. The second kappa shape index (κ2) is 5.09. The largest absolute Gasteiger partial charge is 0.389 e. The summed E-state index contributed by atoms with van der Waals surface area (Å²) in [7, 11) is 0. The molecule has 0 aromatic heterocycles. The number of aliphatic hydroxyl groups is 1. The summed E-state index contributed by atoms with van der Waals surface area (Å²) < 4.78 is 0. The maximum atomic E-state index is 10.7. The number of rotatable bonds is 4. The van der Waals surface area contributed by atoms with Crippen molar-refractivity contribution < 1.29 is 9.90 Å². The van der Waals surface area contributed by atoms with Crippen molar-refractivity contribution in [2.75, 3.05) is 0 Å². The summed E-state index contributed by atoms with van der Waals surface area (Å²) >= 11 is 0. The van der Waals surface area contributed by atoms with Gasteiger partial charge in [-0.25, -0.2) is 0 Å². The molecule has 1 unspecified atom stereocenters. The van der Waals surface area contributed by atoms with E-state index >= 15 is 0 Å². The minimum absolute atomic E-state index is 0.00435. The fourth-order valence-corrected chi connectivity index (χ4v) is 1.05. The predicted octanol–water partition coefficient (Wildman–Crippen LogP) is 1.93. The molecule has 2 nitrogen and oxygen atoms in total. The molecule has 0 radical (unpaired) electrons. The van der Waals surface area contributed by atoms with Gasteiger partial charge in [0, 0.05) is 0 Å². The Bertz CT molecular complexity index is 180. The van der Waals surface area contributed by atoms with Gasteiger partial charge in [0.05, 0.1) is 6.10 Å². The summed E-state index contributed by atoms with van der Waals surface area (Å²) in [5.41, 5.74) is 0.760. The smallest absolute Gasteiger partial charge is 0.152 e. The zero-order valence-electron chi connectivity index (χ0n) is 8.29. The molecular weight excluding hydrogens is 152 g/mol. The van der Waals surface area contributed by atoms with Gasteiger partial charge in [0.25, 0.3) is 0 Å². The number of ketones is 1. The van der Waals surface area contributed by atoms with Gasteiger partial charge in [0.2, 0.25) is 0 Å². The molecular formula is C10H18O2. The molecule has 0 aliphatic carbocycles. The Hall–Kier alpha value is -0.630. The second-order valence-electron chi connectivity index (χ2n) is 3.64. The Morgan fingerprint density at radius 2 is 1.92 bits per heavy atom. The topological polar surface area (TPSA) is 37.3 Å². The van der Waals surface area contributed by atoms with E-state index in [0.717, 1.165) is 12.0 Å². The Morgan fingerprint density at radius 1 is 1.42 bits per heavy atom. The monoisotopic (exact) mass is 170 g/mol. The van der Waals surface area contributed by atoms with Crippen molar-refractivity contribution in [3.63, 3.8) is 0 Å². The fourth-order valence-electron chi connectivity index (χ4n) is 1.05. The molecule has 0 saturated carbocycles. The predicted molar refractivity (Wildman–Crippen MR) is 49.9 cm³/mol. The molecule has 0 aromatic rings. The first-order valence-corrected chi connectivity index (χ1v) is 4.30. The number of carbonyl (C=O) groups is 1. The normalized spacial score (nSPS) is 15.0. The highest BCUT2D eigenvalue weighted by Gasteiger charge is 2.08. The molecule has 0 aromatic carbocycles. The molecule has 0 bridgehead atoms. The molecule has 0 saturated heterocycles. The lowest BCUT2D eigenvalue weighted by molar-refractivity contribution is -0.112. The van der Waals surface area contributed by atoms with E-state index in [1.807, 2.05) is 13.8 Å². The van der Waals surface area contributed by atoms with Crippen molar-refractivity contribution in [2.24, 2.45) is 5.92 Å². The maximum Gasteiger partial charge on any atom is 0.152 e. The number of aliphatic hydroxyl groups excluding tert-OH is 1. The second-order valence-corrected chi connectivity index (χ2v) is 3.64. The van der Waals surface area contributed by atoms with Crippen LogP contribution in [0.4, 0.5) is 0 Å². The van der Waals surface area contributed by atoms with E-state index in [2.05, 4.69) is 0 Å². The summed E-state index contributed by atoms with van der Waals surface area (Å²) in [6.07, 6.45) is 1.75. The summed E-state index contributed by atoms with van der Waals surface area (Å²) in [4.78, 5) is 10.7. The minimum Gasteiger partial charge on any atom is -0.389 e. The SMILES string of the molecule is CC(=O)C=C(C)C(O)CC(C)C. The van der Waals surface area contributed by atoms with E-state index < -0.39 is 6.10 Å². The maximum absolute atomic E-state index is 10.7. The highest BCUT2D eigenvalue weighted by Crippen LogP contribution is 2.11. The lowest BCUT2D eigenvalue weighted by Crippen LogP contribution is -2.12. The molecule has 0 spiro atoms. The quantitative estimate of drug-likeness (QED) is 0.654. The molecule has 1 atom stereocenters. The van der Waals surface area contributed by atoms with Gasteiger partial charge in [0.15, 0.2) is 5.78 Å². The minimum atomic E-state index is -0.464. The molecule has 70 valence electrons. The van der Waals surface area contributed by atoms with Crippen molar-refractivity contribution in [3.8, 4) is 0 Å². The summed E-state index contributed by atoms with van der Waals surface area (Å²) in [5.74, 6) is 0.450. The van der Waals surface area contributed by atoms with Gasteiger partial charge in [-0.2, -0.15) is 0 Å². The Labute approximate surface area is 74.3 Å². The summed E-state index contributed by atoms with van der Waals surface area (Å²) in [6.45, 7) is 7.37. The molecule has 0 aliphatic rings. The highest BCUT2D eigenvalue weighted by atomic mass is 16.3. The van der Waals surface area contributed by atoms with Crippen LogP contribution in [0.1, 0.15) is 34.1 Å². The van der Waals surface area contributed by atoms with Crippen molar-refractivity contribution in [1.82, 2.24) is 0 Å². The first-order valence-electron chi connectivity index (χ1n) is 4.30. The molecule has 0 amide bonds.